The van der Waals surface area contributed by atoms with Crippen molar-refractivity contribution in [3.05, 3.63) is 90.0 Å². The van der Waals surface area contributed by atoms with E-state index in [0.29, 0.717) is 17.0 Å². The Morgan fingerprint density at radius 3 is 2.35 bits per heavy atom. The second kappa shape index (κ2) is 9.26. The summed E-state index contributed by atoms with van der Waals surface area (Å²) in [6, 6.07) is 20.5. The minimum absolute atomic E-state index is 0.220. The fourth-order valence-electron chi connectivity index (χ4n) is 3.51. The molecule has 0 aromatic heterocycles. The van der Waals surface area contributed by atoms with E-state index in [-0.39, 0.29) is 5.69 Å². The van der Waals surface area contributed by atoms with E-state index in [0.717, 1.165) is 11.6 Å². The molecular weight excluding hydrogens is 449 g/mol. The van der Waals surface area contributed by atoms with E-state index >= 15 is 0 Å². The molecule has 34 heavy (non-hydrogen) atoms. The number of urea groups is 1. The summed E-state index contributed by atoms with van der Waals surface area (Å²) in [6.07, 6.45) is -6.27. The number of rotatable bonds is 4. The molecule has 0 unspecified atom stereocenters. The zero-order valence-corrected chi connectivity index (χ0v) is 17.8. The molecule has 1 aliphatic rings. The Balaban J connectivity index is 1.64. The summed E-state index contributed by atoms with van der Waals surface area (Å²) < 4.78 is 42.0. The van der Waals surface area contributed by atoms with Crippen LogP contribution < -0.4 is 20.3 Å². The Hall–Kier alpha value is -4.34. The highest BCUT2D eigenvalue weighted by Crippen LogP contribution is 2.30. The molecule has 0 bridgehead atoms. The molecule has 0 spiro atoms. The summed E-state index contributed by atoms with van der Waals surface area (Å²) in [7, 11) is 1.56. The predicted octanol–water partition coefficient (Wildman–Crippen LogP) is 4.55. The van der Waals surface area contributed by atoms with Crippen LogP contribution in [-0.4, -0.2) is 37.2 Å². The van der Waals surface area contributed by atoms with E-state index in [1.54, 1.807) is 19.2 Å². The number of benzodiazepines with no additional fused rings is 1. The average molecular weight is 468 g/mol. The highest BCUT2D eigenvalue weighted by molar-refractivity contribution is 6.20. The summed E-state index contributed by atoms with van der Waals surface area (Å²) in [5.74, 6) is -1.11. The lowest BCUT2D eigenvalue weighted by molar-refractivity contribution is -0.274. The smallest absolute Gasteiger partial charge is 0.404 e. The van der Waals surface area contributed by atoms with Gasteiger partial charge in [0.15, 0.2) is 5.75 Å². The van der Waals surface area contributed by atoms with Gasteiger partial charge in [-0.1, -0.05) is 60.7 Å². The van der Waals surface area contributed by atoms with Crippen molar-refractivity contribution >= 4 is 29.0 Å². The number of alkyl halides is 3. The molecule has 0 saturated carbocycles. The van der Waals surface area contributed by atoms with Crippen molar-refractivity contribution in [1.29, 1.82) is 0 Å². The zero-order valence-electron chi connectivity index (χ0n) is 17.8. The maximum absolute atomic E-state index is 13.1. The first-order valence-corrected chi connectivity index (χ1v) is 10.2. The zero-order chi connectivity index (χ0) is 24.3. The molecule has 174 valence electrons. The molecule has 2 N–H and O–H groups in total. The molecule has 10 heteroatoms. The summed E-state index contributed by atoms with van der Waals surface area (Å²) in [5, 5.41) is 4.74. The average Bonchev–Trinajstić information content (AvgIpc) is 2.91. The number of hydrogen-bond acceptors (Lipinski definition) is 4. The third kappa shape index (κ3) is 5.01. The number of hydrogen-bond donors (Lipinski definition) is 2. The minimum Gasteiger partial charge on any atom is -0.404 e. The largest absolute Gasteiger partial charge is 0.573 e. The number of aliphatic imine (C=N–C) groups is 1. The van der Waals surface area contributed by atoms with Crippen molar-refractivity contribution < 1.29 is 27.5 Å². The SMILES string of the molecule is CN1C(=O)[C@H](NC(=O)Nc2ccccc2OC(F)(F)F)N=C(c2ccccc2)c2ccccc21. The van der Waals surface area contributed by atoms with Crippen molar-refractivity contribution in [2.45, 2.75) is 12.5 Å². The van der Waals surface area contributed by atoms with Gasteiger partial charge in [-0.05, 0) is 18.2 Å². The van der Waals surface area contributed by atoms with Crippen molar-refractivity contribution in [1.82, 2.24) is 5.32 Å². The van der Waals surface area contributed by atoms with Gasteiger partial charge in [0.2, 0.25) is 6.17 Å². The number of nitrogens with zero attached hydrogens (tertiary/aromatic N) is 2. The highest BCUT2D eigenvalue weighted by Gasteiger charge is 2.33. The minimum atomic E-state index is -4.94. The number of nitrogens with one attached hydrogen (secondary N) is 2. The Labute approximate surface area is 192 Å². The molecule has 1 atom stereocenters. The molecule has 0 saturated heterocycles. The number of carbonyl (C=O) groups excluding carboxylic acids is 2. The van der Waals surface area contributed by atoms with E-state index in [2.05, 4.69) is 20.4 Å². The quantitative estimate of drug-likeness (QED) is 0.590. The predicted molar refractivity (Wildman–Crippen MR) is 121 cm³/mol. The number of carbonyl (C=O) groups is 2. The van der Waals surface area contributed by atoms with Gasteiger partial charge >= 0.3 is 12.4 Å². The van der Waals surface area contributed by atoms with E-state index in [4.69, 9.17) is 0 Å². The Morgan fingerprint density at radius 2 is 1.62 bits per heavy atom. The Kier molecular flexibility index (Phi) is 6.22. The molecule has 3 aromatic rings. The van der Waals surface area contributed by atoms with Crippen LogP contribution >= 0.6 is 0 Å². The fourth-order valence-corrected chi connectivity index (χ4v) is 3.51. The Bertz CT molecular complexity index is 1250. The number of halogens is 3. The van der Waals surface area contributed by atoms with Gasteiger partial charge in [0, 0.05) is 18.2 Å². The lowest BCUT2D eigenvalue weighted by Gasteiger charge is -2.21. The van der Waals surface area contributed by atoms with Gasteiger partial charge in [0.25, 0.3) is 5.91 Å². The first kappa shape index (κ1) is 22.8. The third-order valence-electron chi connectivity index (χ3n) is 5.02. The first-order chi connectivity index (χ1) is 16.2. The number of benzene rings is 3. The third-order valence-corrected chi connectivity index (χ3v) is 5.02. The van der Waals surface area contributed by atoms with E-state index in [9.17, 15) is 22.8 Å². The normalized spacial score (nSPS) is 15.6. The lowest BCUT2D eigenvalue weighted by atomic mass is 10.0. The van der Waals surface area contributed by atoms with Crippen LogP contribution in [0.2, 0.25) is 0 Å². The van der Waals surface area contributed by atoms with Crippen molar-refractivity contribution in [2.24, 2.45) is 4.99 Å². The van der Waals surface area contributed by atoms with Crippen molar-refractivity contribution in [3.8, 4) is 5.75 Å². The van der Waals surface area contributed by atoms with Crippen LogP contribution in [0.15, 0.2) is 83.9 Å². The van der Waals surface area contributed by atoms with Crippen LogP contribution in [0, 0.1) is 0 Å². The van der Waals surface area contributed by atoms with Crippen LogP contribution in [0.25, 0.3) is 0 Å². The number of fused-ring (bicyclic) bond motifs is 1. The first-order valence-electron chi connectivity index (χ1n) is 10.2. The number of likely N-dealkylation sites (N-methyl/N-ethyl adjacent to an activating group) is 1. The van der Waals surface area contributed by atoms with Gasteiger partial charge in [-0.2, -0.15) is 0 Å². The summed E-state index contributed by atoms with van der Waals surface area (Å²) >= 11 is 0. The number of anilines is 2. The van der Waals surface area contributed by atoms with Crippen LogP contribution in [0.1, 0.15) is 11.1 Å². The van der Waals surface area contributed by atoms with E-state index in [1.807, 2.05) is 42.5 Å². The van der Waals surface area contributed by atoms with Crippen molar-refractivity contribution in [3.63, 3.8) is 0 Å². The standard InChI is InChI=1S/C24H19F3N4O3/c1-31-18-13-7-5-11-16(18)20(15-9-3-2-4-10-15)29-21(22(31)32)30-23(33)28-17-12-6-8-14-19(17)34-24(25,26)27/h2-14,21H,1H3,(H2,28,30,33)/t21-/m0/s1. The van der Waals surface area contributed by atoms with Gasteiger partial charge in [-0.25, -0.2) is 9.79 Å². The molecule has 0 aliphatic carbocycles. The maximum atomic E-state index is 13.1. The Morgan fingerprint density at radius 1 is 0.971 bits per heavy atom. The van der Waals surface area contributed by atoms with Crippen LogP contribution in [0.5, 0.6) is 5.75 Å². The van der Waals surface area contributed by atoms with Crippen molar-refractivity contribution in [2.75, 3.05) is 17.3 Å². The van der Waals surface area contributed by atoms with Gasteiger partial charge in [-0.3, -0.25) is 4.79 Å². The maximum Gasteiger partial charge on any atom is 0.573 e. The molecular formula is C24H19F3N4O3. The summed E-state index contributed by atoms with van der Waals surface area (Å²) in [6.45, 7) is 0. The number of para-hydroxylation sites is 3. The molecule has 0 fully saturated rings. The molecule has 7 nitrogen and oxygen atoms in total. The van der Waals surface area contributed by atoms with Gasteiger partial charge < -0.3 is 20.3 Å². The second-order valence-corrected chi connectivity index (χ2v) is 7.30. The van der Waals surface area contributed by atoms with Crippen LogP contribution in [0.3, 0.4) is 0 Å². The van der Waals surface area contributed by atoms with Gasteiger partial charge in [-0.15, -0.1) is 13.2 Å². The summed E-state index contributed by atoms with van der Waals surface area (Å²) in [5.41, 5.74) is 2.29. The van der Waals surface area contributed by atoms with E-state index < -0.39 is 30.2 Å². The summed E-state index contributed by atoms with van der Waals surface area (Å²) in [4.78, 5) is 31.7. The van der Waals surface area contributed by atoms with Gasteiger partial charge in [0.1, 0.15) is 0 Å². The molecule has 3 amide bonds. The van der Waals surface area contributed by atoms with E-state index in [1.165, 1.54) is 23.1 Å². The molecule has 0 radical (unpaired) electrons. The number of ether oxygens (including phenoxy) is 1. The fraction of sp³-hybridized carbons (Fsp3) is 0.125. The molecule has 1 heterocycles. The topological polar surface area (TPSA) is 83.0 Å². The molecule has 4 rings (SSSR count). The monoisotopic (exact) mass is 468 g/mol. The lowest BCUT2D eigenvalue weighted by Crippen LogP contribution is -2.47. The van der Waals surface area contributed by atoms with Crippen LogP contribution in [-0.2, 0) is 4.79 Å². The molecule has 1 aliphatic heterocycles. The van der Waals surface area contributed by atoms with Crippen LogP contribution in [0.4, 0.5) is 29.3 Å². The second-order valence-electron chi connectivity index (χ2n) is 7.30. The highest BCUT2D eigenvalue weighted by atomic mass is 19.4. The van der Waals surface area contributed by atoms with Gasteiger partial charge in [0.05, 0.1) is 17.1 Å². The number of amides is 3. The molecule has 3 aromatic carbocycles.